The van der Waals surface area contributed by atoms with Crippen molar-refractivity contribution >= 4 is 5.78 Å². The number of carbonyl (C=O) groups excluding carboxylic acids is 1. The lowest BCUT2D eigenvalue weighted by atomic mass is 9.39. The number of hydrogen-bond donors (Lipinski definition) is 3. The summed E-state index contributed by atoms with van der Waals surface area (Å²) >= 11 is 0. The highest BCUT2D eigenvalue weighted by molar-refractivity contribution is 6.04. The Balaban J connectivity index is 1.88. The average Bonchev–Trinajstić information content (AvgIpc) is 2.58. The van der Waals surface area contributed by atoms with Crippen molar-refractivity contribution in [2.45, 2.75) is 71.2 Å². The molecule has 3 N–H and O–H groups in total. The highest BCUT2D eigenvalue weighted by atomic mass is 16.3. The minimum Gasteiger partial charge on any atom is -0.393 e. The summed E-state index contributed by atoms with van der Waals surface area (Å²) in [6, 6.07) is 0. The van der Waals surface area contributed by atoms with Crippen LogP contribution < -0.4 is 0 Å². The molecular weight excluding hydrogens is 304 g/mol. The molecule has 134 valence electrons. The monoisotopic (exact) mass is 334 g/mol. The van der Waals surface area contributed by atoms with E-state index < -0.39 is 17.6 Å². The maximum atomic E-state index is 13.1. The fourth-order valence-electron chi connectivity index (χ4n) is 7.60. The summed E-state index contributed by atoms with van der Waals surface area (Å²) in [7, 11) is 0. The van der Waals surface area contributed by atoms with Gasteiger partial charge in [-0.25, -0.2) is 0 Å². The maximum Gasteiger partial charge on any atom is 0.170 e. The Morgan fingerprint density at radius 1 is 1.04 bits per heavy atom. The summed E-state index contributed by atoms with van der Waals surface area (Å²) in [4.78, 5) is 13.1. The van der Waals surface area contributed by atoms with Crippen LogP contribution in [0.2, 0.25) is 0 Å². The molecule has 0 aliphatic heterocycles. The Hall–Kier alpha value is -0.710. The van der Waals surface area contributed by atoms with Gasteiger partial charge in [-0.15, -0.1) is 0 Å². The van der Waals surface area contributed by atoms with Crippen molar-refractivity contribution in [3.05, 3.63) is 12.2 Å². The molecule has 4 fully saturated rings. The second-order valence-electron chi connectivity index (χ2n) is 9.83. The first kappa shape index (κ1) is 16.7. The molecule has 4 rings (SSSR count). The van der Waals surface area contributed by atoms with Gasteiger partial charge in [-0.1, -0.05) is 27.4 Å². The van der Waals surface area contributed by atoms with Crippen molar-refractivity contribution in [1.29, 1.82) is 0 Å². The van der Waals surface area contributed by atoms with E-state index in [0.717, 1.165) is 19.3 Å². The van der Waals surface area contributed by atoms with E-state index in [1.807, 2.05) is 0 Å². The van der Waals surface area contributed by atoms with Crippen LogP contribution in [0.1, 0.15) is 52.9 Å². The number of ketones is 1. The predicted octanol–water partition coefficient (Wildman–Crippen LogP) is 2.07. The lowest BCUT2D eigenvalue weighted by molar-refractivity contribution is -0.235. The maximum absolute atomic E-state index is 13.1. The van der Waals surface area contributed by atoms with Crippen LogP contribution >= 0.6 is 0 Å². The molecule has 4 aliphatic rings. The molecule has 4 heteroatoms. The number of carbonyl (C=O) groups is 1. The summed E-state index contributed by atoms with van der Waals surface area (Å²) in [5.41, 5.74) is -0.928. The highest BCUT2D eigenvalue weighted by Crippen LogP contribution is 2.70. The van der Waals surface area contributed by atoms with Crippen molar-refractivity contribution in [2.75, 3.05) is 0 Å². The lowest BCUT2D eigenvalue weighted by Crippen LogP contribution is -2.68. The van der Waals surface area contributed by atoms with Gasteiger partial charge in [0.25, 0.3) is 0 Å². The fourth-order valence-corrected chi connectivity index (χ4v) is 7.60. The van der Waals surface area contributed by atoms with Gasteiger partial charge in [0.15, 0.2) is 5.78 Å². The van der Waals surface area contributed by atoms with Crippen LogP contribution in [0.15, 0.2) is 12.2 Å². The van der Waals surface area contributed by atoms with E-state index in [2.05, 4.69) is 27.4 Å². The third-order valence-electron chi connectivity index (χ3n) is 8.33. The molecule has 0 amide bonds. The first-order valence-electron chi connectivity index (χ1n) is 9.34. The molecule has 4 aliphatic carbocycles. The molecule has 0 aromatic heterocycles. The topological polar surface area (TPSA) is 77.8 Å². The molecule has 4 nitrogen and oxygen atoms in total. The molecule has 1 spiro atoms. The summed E-state index contributed by atoms with van der Waals surface area (Å²) < 4.78 is 0. The van der Waals surface area contributed by atoms with Gasteiger partial charge in [0.05, 0.1) is 23.7 Å². The van der Waals surface area contributed by atoms with Gasteiger partial charge in [0, 0.05) is 5.92 Å². The average molecular weight is 334 g/mol. The second kappa shape index (κ2) is 4.72. The summed E-state index contributed by atoms with van der Waals surface area (Å²) in [5, 5.41) is 32.6. The smallest absolute Gasteiger partial charge is 0.170 e. The molecule has 0 saturated heterocycles. The Morgan fingerprint density at radius 3 is 2.38 bits per heavy atom. The van der Waals surface area contributed by atoms with E-state index in [9.17, 15) is 20.1 Å². The van der Waals surface area contributed by atoms with Crippen LogP contribution in [-0.2, 0) is 4.79 Å². The summed E-state index contributed by atoms with van der Waals surface area (Å²) in [6.07, 6.45) is 1.44. The van der Waals surface area contributed by atoms with Crippen LogP contribution in [0.5, 0.6) is 0 Å². The van der Waals surface area contributed by atoms with Crippen LogP contribution in [0, 0.1) is 34.0 Å². The third-order valence-corrected chi connectivity index (χ3v) is 8.33. The number of fused-ring (bicyclic) bond motifs is 3. The number of rotatable bonds is 0. The zero-order valence-electron chi connectivity index (χ0n) is 15.0. The second-order valence-corrected chi connectivity index (χ2v) is 9.83. The first-order valence-corrected chi connectivity index (χ1v) is 9.34. The zero-order chi connectivity index (χ0) is 17.7. The fraction of sp³-hybridized carbons (Fsp3) is 0.850. The Bertz CT molecular complexity index is 611. The van der Waals surface area contributed by atoms with Crippen molar-refractivity contribution in [3.63, 3.8) is 0 Å². The predicted molar refractivity (Wildman–Crippen MR) is 90.0 cm³/mol. The quantitative estimate of drug-likeness (QED) is 0.593. The molecule has 24 heavy (non-hydrogen) atoms. The van der Waals surface area contributed by atoms with Gasteiger partial charge in [-0.2, -0.15) is 0 Å². The van der Waals surface area contributed by atoms with E-state index >= 15 is 0 Å². The van der Waals surface area contributed by atoms with Crippen LogP contribution in [-0.4, -0.2) is 39.4 Å². The van der Waals surface area contributed by atoms with Crippen molar-refractivity contribution in [3.8, 4) is 0 Å². The normalized spacial score (nSPS) is 55.9. The zero-order valence-corrected chi connectivity index (χ0v) is 15.0. The Morgan fingerprint density at radius 2 is 1.71 bits per heavy atom. The van der Waals surface area contributed by atoms with Crippen molar-refractivity contribution < 1.29 is 20.1 Å². The summed E-state index contributed by atoms with van der Waals surface area (Å²) in [5.74, 6) is -0.173. The largest absolute Gasteiger partial charge is 0.393 e. The van der Waals surface area contributed by atoms with Gasteiger partial charge in [-0.05, 0) is 60.3 Å². The molecule has 8 atom stereocenters. The number of aliphatic hydroxyl groups is 3. The van der Waals surface area contributed by atoms with E-state index in [4.69, 9.17) is 0 Å². The van der Waals surface area contributed by atoms with Gasteiger partial charge in [-0.3, -0.25) is 4.79 Å². The van der Waals surface area contributed by atoms with Gasteiger partial charge in [0.1, 0.15) is 0 Å². The number of aliphatic hydroxyl groups excluding tert-OH is 3. The Kier molecular flexibility index (Phi) is 3.29. The van der Waals surface area contributed by atoms with Crippen LogP contribution in [0.4, 0.5) is 0 Å². The third kappa shape index (κ3) is 1.68. The standard InChI is InChI=1S/C20H30O4/c1-10-12-5-6-13-19(4)9-11(21)8-18(2,3)14(19)7-15(22)20(13,16(10)23)17(12)24/h11-15,17,21-22,24H,1,5-9H2,2-4H3/t11-,12+,13-,14+,15+,17+,19-,20+/m0/s1. The molecule has 0 aromatic rings. The van der Waals surface area contributed by atoms with Gasteiger partial charge < -0.3 is 15.3 Å². The highest BCUT2D eigenvalue weighted by Gasteiger charge is 2.74. The van der Waals surface area contributed by atoms with Crippen LogP contribution in [0.25, 0.3) is 0 Å². The van der Waals surface area contributed by atoms with Gasteiger partial charge >= 0.3 is 0 Å². The van der Waals surface area contributed by atoms with Crippen LogP contribution in [0.3, 0.4) is 0 Å². The minimum absolute atomic E-state index is 0.0878. The van der Waals surface area contributed by atoms with E-state index in [1.54, 1.807) is 0 Å². The number of hydrogen-bond acceptors (Lipinski definition) is 4. The summed E-state index contributed by atoms with van der Waals surface area (Å²) in [6.45, 7) is 10.5. The molecule has 0 aromatic carbocycles. The SMILES string of the molecule is C=C1C(=O)[C@]23[C@H](O)C[C@@H]4C(C)(C)C[C@H](O)C[C@@]4(C)[C@@H]2CC[C@H]1[C@H]3O. The molecule has 2 bridgehead atoms. The van der Waals surface area contributed by atoms with Crippen molar-refractivity contribution in [2.24, 2.45) is 34.0 Å². The first-order chi connectivity index (χ1) is 11.1. The Labute approximate surface area is 144 Å². The molecule has 0 radical (unpaired) electrons. The molecule has 4 saturated carbocycles. The van der Waals surface area contributed by atoms with E-state index in [1.165, 1.54) is 0 Å². The molecule has 0 unspecified atom stereocenters. The van der Waals surface area contributed by atoms with E-state index in [-0.39, 0.29) is 40.5 Å². The van der Waals surface area contributed by atoms with E-state index in [0.29, 0.717) is 18.4 Å². The van der Waals surface area contributed by atoms with Crippen molar-refractivity contribution in [1.82, 2.24) is 0 Å². The lowest BCUT2D eigenvalue weighted by Gasteiger charge is -2.65. The van der Waals surface area contributed by atoms with Gasteiger partial charge in [0.2, 0.25) is 0 Å². The number of Topliss-reactive ketones (excluding diaryl/α,β-unsaturated/α-hetero) is 1. The minimum atomic E-state index is -1.10. The molecule has 0 heterocycles. The molecular formula is C20H30O4.